The first-order chi connectivity index (χ1) is 5.83. The second-order valence-corrected chi connectivity index (χ2v) is 3.91. The Balaban J connectivity index is 2.11. The van der Waals surface area contributed by atoms with Crippen LogP contribution in [0.5, 0.6) is 0 Å². The molecule has 71 valence electrons. The highest BCUT2D eigenvalue weighted by Crippen LogP contribution is 2.23. The maximum absolute atomic E-state index is 5.32. The molecule has 12 heavy (non-hydrogen) atoms. The highest BCUT2D eigenvalue weighted by Gasteiger charge is 2.16. The number of rotatable bonds is 4. The van der Waals surface area contributed by atoms with E-state index in [9.17, 15) is 0 Å². The molecule has 0 N–H and O–H groups in total. The summed E-state index contributed by atoms with van der Waals surface area (Å²) in [6, 6.07) is 0. The average Bonchev–Trinajstić information content (AvgIpc) is 2.06. The van der Waals surface area contributed by atoms with Crippen molar-refractivity contribution in [2.45, 2.75) is 39.5 Å². The summed E-state index contributed by atoms with van der Waals surface area (Å²) >= 11 is 0. The Bertz CT molecular complexity index is 106. The molecule has 1 aliphatic rings. The van der Waals surface area contributed by atoms with Gasteiger partial charge in [-0.15, -0.1) is 0 Å². The molecule has 0 saturated carbocycles. The van der Waals surface area contributed by atoms with Crippen molar-refractivity contribution in [2.24, 2.45) is 11.8 Å². The molecule has 1 saturated heterocycles. The van der Waals surface area contributed by atoms with Crippen LogP contribution in [0.3, 0.4) is 0 Å². The van der Waals surface area contributed by atoms with E-state index in [4.69, 9.17) is 4.74 Å². The topological polar surface area (TPSA) is 9.23 Å². The van der Waals surface area contributed by atoms with Crippen LogP contribution >= 0.6 is 0 Å². The summed E-state index contributed by atoms with van der Waals surface area (Å²) in [6.07, 6.45) is 7.67. The fourth-order valence-electron chi connectivity index (χ4n) is 1.92. The van der Waals surface area contributed by atoms with Gasteiger partial charge in [0.05, 0.1) is 0 Å². The molecule has 1 radical (unpaired) electrons. The summed E-state index contributed by atoms with van der Waals surface area (Å²) in [6.45, 7) is 6.54. The van der Waals surface area contributed by atoms with Crippen molar-refractivity contribution in [3.05, 3.63) is 6.42 Å². The SMILES string of the molecule is CCCC(C)[CH]C1CCOCC1. The zero-order valence-corrected chi connectivity index (χ0v) is 8.38. The maximum Gasteiger partial charge on any atom is 0.0468 e. The summed E-state index contributed by atoms with van der Waals surface area (Å²) in [5.41, 5.74) is 0. The quantitative estimate of drug-likeness (QED) is 0.628. The van der Waals surface area contributed by atoms with E-state index in [-0.39, 0.29) is 0 Å². The zero-order valence-electron chi connectivity index (χ0n) is 8.38. The van der Waals surface area contributed by atoms with E-state index in [1.807, 2.05) is 0 Å². The summed E-state index contributed by atoms with van der Waals surface area (Å²) in [7, 11) is 0. The van der Waals surface area contributed by atoms with Crippen molar-refractivity contribution in [3.8, 4) is 0 Å². The van der Waals surface area contributed by atoms with Crippen molar-refractivity contribution in [1.29, 1.82) is 0 Å². The first-order valence-corrected chi connectivity index (χ1v) is 5.25. The molecule has 0 bridgehead atoms. The lowest BCUT2D eigenvalue weighted by atomic mass is 9.88. The third-order valence-corrected chi connectivity index (χ3v) is 2.61. The van der Waals surface area contributed by atoms with Crippen molar-refractivity contribution in [3.63, 3.8) is 0 Å². The van der Waals surface area contributed by atoms with Crippen LogP contribution in [0.2, 0.25) is 0 Å². The first-order valence-electron chi connectivity index (χ1n) is 5.25. The summed E-state index contributed by atoms with van der Waals surface area (Å²) in [4.78, 5) is 0. The zero-order chi connectivity index (χ0) is 8.81. The average molecular weight is 169 g/mol. The first kappa shape index (κ1) is 10.0. The van der Waals surface area contributed by atoms with E-state index in [0.717, 1.165) is 25.0 Å². The van der Waals surface area contributed by atoms with E-state index in [0.29, 0.717) is 0 Å². The molecule has 0 spiro atoms. The molecule has 1 fully saturated rings. The van der Waals surface area contributed by atoms with Gasteiger partial charge in [-0.05, 0) is 31.1 Å². The van der Waals surface area contributed by atoms with Crippen molar-refractivity contribution in [1.82, 2.24) is 0 Å². The van der Waals surface area contributed by atoms with Crippen LogP contribution in [0.25, 0.3) is 0 Å². The maximum atomic E-state index is 5.32. The van der Waals surface area contributed by atoms with E-state index >= 15 is 0 Å². The Labute approximate surface area is 76.5 Å². The third-order valence-electron chi connectivity index (χ3n) is 2.61. The van der Waals surface area contributed by atoms with E-state index in [1.54, 1.807) is 0 Å². The molecule has 0 amide bonds. The molecular weight excluding hydrogens is 148 g/mol. The number of hydrogen-bond acceptors (Lipinski definition) is 1. The van der Waals surface area contributed by atoms with E-state index < -0.39 is 0 Å². The highest BCUT2D eigenvalue weighted by atomic mass is 16.5. The van der Waals surface area contributed by atoms with Gasteiger partial charge in [-0.1, -0.05) is 26.7 Å². The standard InChI is InChI=1S/C11H21O/c1-3-4-10(2)9-11-5-7-12-8-6-11/h9-11H,3-8H2,1-2H3. The van der Waals surface area contributed by atoms with Gasteiger partial charge in [-0.25, -0.2) is 0 Å². The molecule has 1 rings (SSSR count). The molecule has 1 heteroatoms. The summed E-state index contributed by atoms with van der Waals surface area (Å²) in [5, 5.41) is 0. The van der Waals surface area contributed by atoms with Gasteiger partial charge in [-0.2, -0.15) is 0 Å². The molecule has 0 aliphatic carbocycles. The molecule has 1 aliphatic heterocycles. The lowest BCUT2D eigenvalue weighted by Gasteiger charge is -2.24. The normalized spacial score (nSPS) is 22.5. The summed E-state index contributed by atoms with van der Waals surface area (Å²) in [5.74, 6) is 1.64. The van der Waals surface area contributed by atoms with Crippen LogP contribution in [0, 0.1) is 18.3 Å². The van der Waals surface area contributed by atoms with Crippen molar-refractivity contribution >= 4 is 0 Å². The molecule has 0 aromatic carbocycles. The van der Waals surface area contributed by atoms with E-state index in [2.05, 4.69) is 20.3 Å². The van der Waals surface area contributed by atoms with Crippen LogP contribution in [0.4, 0.5) is 0 Å². The van der Waals surface area contributed by atoms with Gasteiger partial charge >= 0.3 is 0 Å². The highest BCUT2D eigenvalue weighted by molar-refractivity contribution is 4.82. The van der Waals surface area contributed by atoms with Crippen molar-refractivity contribution < 1.29 is 4.74 Å². The van der Waals surface area contributed by atoms with Crippen LogP contribution in [0.15, 0.2) is 0 Å². The van der Waals surface area contributed by atoms with Gasteiger partial charge in [0.1, 0.15) is 0 Å². The second-order valence-electron chi connectivity index (χ2n) is 3.91. The predicted molar refractivity (Wildman–Crippen MR) is 51.9 cm³/mol. The molecule has 1 nitrogen and oxygen atoms in total. The Kier molecular flexibility index (Phi) is 4.67. The largest absolute Gasteiger partial charge is 0.381 e. The molecule has 0 aromatic rings. The minimum absolute atomic E-state index is 0.804. The predicted octanol–water partition coefficient (Wildman–Crippen LogP) is 3.05. The lowest BCUT2D eigenvalue weighted by molar-refractivity contribution is 0.0721. The minimum atomic E-state index is 0.804. The molecule has 1 atom stereocenters. The van der Waals surface area contributed by atoms with Crippen LogP contribution in [0.1, 0.15) is 39.5 Å². The molecule has 1 heterocycles. The van der Waals surface area contributed by atoms with Crippen molar-refractivity contribution in [2.75, 3.05) is 13.2 Å². The van der Waals surface area contributed by atoms with Crippen LogP contribution in [-0.4, -0.2) is 13.2 Å². The monoisotopic (exact) mass is 169 g/mol. The number of ether oxygens (including phenoxy) is 1. The summed E-state index contributed by atoms with van der Waals surface area (Å²) < 4.78 is 5.32. The number of hydrogen-bond donors (Lipinski definition) is 0. The smallest absolute Gasteiger partial charge is 0.0468 e. The molecule has 1 unspecified atom stereocenters. The molecular formula is C11H21O. The lowest BCUT2D eigenvalue weighted by Crippen LogP contribution is -2.18. The van der Waals surface area contributed by atoms with Crippen LogP contribution in [-0.2, 0) is 4.74 Å². The van der Waals surface area contributed by atoms with Gasteiger partial charge in [0.2, 0.25) is 0 Å². The van der Waals surface area contributed by atoms with Gasteiger partial charge in [0, 0.05) is 13.2 Å². The van der Waals surface area contributed by atoms with E-state index in [1.165, 1.54) is 25.7 Å². The molecule has 0 aromatic heterocycles. The van der Waals surface area contributed by atoms with Crippen LogP contribution < -0.4 is 0 Å². The van der Waals surface area contributed by atoms with Gasteiger partial charge in [-0.3, -0.25) is 0 Å². The Morgan fingerprint density at radius 3 is 2.67 bits per heavy atom. The fourth-order valence-corrected chi connectivity index (χ4v) is 1.92. The third kappa shape index (κ3) is 3.57. The minimum Gasteiger partial charge on any atom is -0.381 e. The fraction of sp³-hybridized carbons (Fsp3) is 0.909. The van der Waals surface area contributed by atoms with Gasteiger partial charge in [0.15, 0.2) is 0 Å². The second kappa shape index (κ2) is 5.58. The van der Waals surface area contributed by atoms with Gasteiger partial charge in [0.25, 0.3) is 0 Å². The Morgan fingerprint density at radius 1 is 1.42 bits per heavy atom. The van der Waals surface area contributed by atoms with Gasteiger partial charge < -0.3 is 4.74 Å². The Morgan fingerprint density at radius 2 is 2.08 bits per heavy atom. The Hall–Kier alpha value is -0.0400.